The predicted molar refractivity (Wildman–Crippen MR) is 68.6 cm³/mol. The van der Waals surface area contributed by atoms with Crippen molar-refractivity contribution in [1.82, 2.24) is 0 Å². The standard InChI is InChI=1S/C14H18FNO2/c1-16(8-11-4-3-7-18-10-11)14-6-2-5-13(15)12(14)9-17/h2,5-6,9,11H,3-4,7-8,10H2,1H3. The number of carbonyl (C=O) groups excluding carboxylic acids is 1. The molecule has 0 aromatic heterocycles. The Kier molecular flexibility index (Phi) is 4.31. The Morgan fingerprint density at radius 2 is 2.39 bits per heavy atom. The van der Waals surface area contributed by atoms with E-state index >= 15 is 0 Å². The Morgan fingerprint density at radius 1 is 1.56 bits per heavy atom. The molecule has 1 aliphatic heterocycles. The van der Waals surface area contributed by atoms with Gasteiger partial charge in [0.05, 0.1) is 12.2 Å². The molecule has 0 bridgehead atoms. The number of halogens is 1. The molecule has 2 rings (SSSR count). The van der Waals surface area contributed by atoms with Crippen molar-refractivity contribution in [3.8, 4) is 0 Å². The van der Waals surface area contributed by atoms with E-state index < -0.39 is 5.82 Å². The van der Waals surface area contributed by atoms with Crippen molar-refractivity contribution in [3.63, 3.8) is 0 Å². The lowest BCUT2D eigenvalue weighted by Crippen LogP contribution is -2.31. The van der Waals surface area contributed by atoms with Gasteiger partial charge in [-0.2, -0.15) is 0 Å². The van der Waals surface area contributed by atoms with E-state index in [2.05, 4.69) is 0 Å². The summed E-state index contributed by atoms with van der Waals surface area (Å²) in [4.78, 5) is 12.9. The average molecular weight is 251 g/mol. The Bertz CT molecular complexity index is 416. The molecule has 0 saturated carbocycles. The van der Waals surface area contributed by atoms with Crippen LogP contribution in [0, 0.1) is 11.7 Å². The van der Waals surface area contributed by atoms with Crippen molar-refractivity contribution in [2.24, 2.45) is 5.92 Å². The molecule has 1 aliphatic rings. The molecule has 1 atom stereocenters. The second kappa shape index (κ2) is 5.96. The molecule has 0 spiro atoms. The Morgan fingerprint density at radius 3 is 3.06 bits per heavy atom. The van der Waals surface area contributed by atoms with E-state index in [0.29, 0.717) is 17.9 Å². The maximum atomic E-state index is 13.5. The van der Waals surface area contributed by atoms with Crippen LogP contribution >= 0.6 is 0 Å². The summed E-state index contributed by atoms with van der Waals surface area (Å²) in [5.74, 6) is -0.0132. The summed E-state index contributed by atoms with van der Waals surface area (Å²) in [6.45, 7) is 2.36. The molecule has 1 fully saturated rings. The van der Waals surface area contributed by atoms with E-state index in [1.54, 1.807) is 12.1 Å². The van der Waals surface area contributed by atoms with Crippen molar-refractivity contribution in [3.05, 3.63) is 29.6 Å². The van der Waals surface area contributed by atoms with Crippen molar-refractivity contribution in [2.75, 3.05) is 31.7 Å². The monoisotopic (exact) mass is 251 g/mol. The van der Waals surface area contributed by atoms with Gasteiger partial charge < -0.3 is 9.64 Å². The number of hydrogen-bond donors (Lipinski definition) is 0. The van der Waals surface area contributed by atoms with Crippen LogP contribution in [0.2, 0.25) is 0 Å². The number of rotatable bonds is 4. The summed E-state index contributed by atoms with van der Waals surface area (Å²) in [6.07, 6.45) is 2.77. The first-order valence-corrected chi connectivity index (χ1v) is 6.25. The molecule has 1 saturated heterocycles. The Hall–Kier alpha value is -1.42. The molecule has 98 valence electrons. The van der Waals surface area contributed by atoms with Crippen LogP contribution in [0.1, 0.15) is 23.2 Å². The zero-order valence-corrected chi connectivity index (χ0v) is 10.6. The number of aldehydes is 1. The number of anilines is 1. The van der Waals surface area contributed by atoms with Gasteiger partial charge in [-0.1, -0.05) is 6.07 Å². The topological polar surface area (TPSA) is 29.5 Å². The number of ether oxygens (including phenoxy) is 1. The zero-order valence-electron chi connectivity index (χ0n) is 10.6. The minimum atomic E-state index is -0.464. The summed E-state index contributed by atoms with van der Waals surface area (Å²) >= 11 is 0. The van der Waals surface area contributed by atoms with Crippen LogP contribution in [0.5, 0.6) is 0 Å². The first-order chi connectivity index (χ1) is 8.72. The lowest BCUT2D eigenvalue weighted by atomic mass is 10.0. The Balaban J connectivity index is 2.10. The third-order valence-electron chi connectivity index (χ3n) is 3.35. The van der Waals surface area contributed by atoms with E-state index in [-0.39, 0.29) is 5.56 Å². The first kappa shape index (κ1) is 13.0. The van der Waals surface area contributed by atoms with Crippen LogP contribution in [0.4, 0.5) is 10.1 Å². The van der Waals surface area contributed by atoms with Gasteiger partial charge in [0, 0.05) is 25.9 Å². The highest BCUT2D eigenvalue weighted by Crippen LogP contribution is 2.23. The summed E-state index contributed by atoms with van der Waals surface area (Å²) in [7, 11) is 1.89. The van der Waals surface area contributed by atoms with Crippen molar-refractivity contribution in [2.45, 2.75) is 12.8 Å². The number of carbonyl (C=O) groups is 1. The lowest BCUT2D eigenvalue weighted by Gasteiger charge is -2.29. The average Bonchev–Trinajstić information content (AvgIpc) is 2.39. The summed E-state index contributed by atoms with van der Waals surface area (Å²) in [6, 6.07) is 4.72. The highest BCUT2D eigenvalue weighted by Gasteiger charge is 2.18. The maximum absolute atomic E-state index is 13.5. The van der Waals surface area contributed by atoms with Crippen LogP contribution in [-0.4, -0.2) is 33.1 Å². The zero-order chi connectivity index (χ0) is 13.0. The second-order valence-electron chi connectivity index (χ2n) is 4.75. The van der Waals surface area contributed by atoms with Crippen LogP contribution < -0.4 is 4.90 Å². The fourth-order valence-corrected chi connectivity index (χ4v) is 2.41. The normalized spacial score (nSPS) is 19.6. The molecule has 18 heavy (non-hydrogen) atoms. The van der Waals surface area contributed by atoms with Gasteiger partial charge in [-0.25, -0.2) is 4.39 Å². The maximum Gasteiger partial charge on any atom is 0.155 e. The van der Waals surface area contributed by atoms with Crippen molar-refractivity contribution in [1.29, 1.82) is 0 Å². The largest absolute Gasteiger partial charge is 0.381 e. The van der Waals surface area contributed by atoms with Gasteiger partial charge in [0.2, 0.25) is 0 Å². The van der Waals surface area contributed by atoms with Crippen LogP contribution in [0.15, 0.2) is 18.2 Å². The van der Waals surface area contributed by atoms with Gasteiger partial charge in [-0.3, -0.25) is 4.79 Å². The molecule has 1 heterocycles. The first-order valence-electron chi connectivity index (χ1n) is 6.25. The minimum Gasteiger partial charge on any atom is -0.381 e. The van der Waals surface area contributed by atoms with E-state index in [1.807, 2.05) is 11.9 Å². The molecule has 1 aromatic rings. The number of benzene rings is 1. The predicted octanol–water partition coefficient (Wildman–Crippen LogP) is 2.50. The summed E-state index contributed by atoms with van der Waals surface area (Å²) in [5, 5.41) is 0. The van der Waals surface area contributed by atoms with Crippen LogP contribution in [-0.2, 0) is 4.74 Å². The SMILES string of the molecule is CN(CC1CCCOC1)c1cccc(F)c1C=O. The van der Waals surface area contributed by atoms with Crippen molar-refractivity contribution >= 4 is 12.0 Å². The molecular weight excluding hydrogens is 233 g/mol. The van der Waals surface area contributed by atoms with E-state index in [0.717, 1.165) is 32.6 Å². The fourth-order valence-electron chi connectivity index (χ4n) is 2.41. The molecule has 0 aliphatic carbocycles. The quantitative estimate of drug-likeness (QED) is 0.770. The van der Waals surface area contributed by atoms with Gasteiger partial charge in [0.1, 0.15) is 5.82 Å². The Labute approximate surface area is 107 Å². The van der Waals surface area contributed by atoms with E-state index in [4.69, 9.17) is 4.74 Å². The molecule has 1 aromatic carbocycles. The van der Waals surface area contributed by atoms with Gasteiger partial charge in [0.15, 0.2) is 6.29 Å². The summed E-state index contributed by atoms with van der Waals surface area (Å²) < 4.78 is 18.9. The van der Waals surface area contributed by atoms with Gasteiger partial charge in [0.25, 0.3) is 0 Å². The third kappa shape index (κ3) is 2.88. The molecule has 0 N–H and O–H groups in total. The molecular formula is C14H18FNO2. The van der Waals surface area contributed by atoms with E-state index in [9.17, 15) is 9.18 Å². The van der Waals surface area contributed by atoms with Gasteiger partial charge in [-0.05, 0) is 30.9 Å². The van der Waals surface area contributed by atoms with E-state index in [1.165, 1.54) is 6.07 Å². The number of nitrogens with zero attached hydrogens (tertiary/aromatic N) is 1. The molecule has 0 radical (unpaired) electrons. The molecule has 0 amide bonds. The lowest BCUT2D eigenvalue weighted by molar-refractivity contribution is 0.0576. The smallest absolute Gasteiger partial charge is 0.155 e. The molecule has 1 unspecified atom stereocenters. The highest BCUT2D eigenvalue weighted by molar-refractivity contribution is 5.84. The molecule has 3 nitrogen and oxygen atoms in total. The van der Waals surface area contributed by atoms with Crippen molar-refractivity contribution < 1.29 is 13.9 Å². The molecule has 4 heteroatoms. The minimum absolute atomic E-state index is 0.136. The third-order valence-corrected chi connectivity index (χ3v) is 3.35. The van der Waals surface area contributed by atoms with Gasteiger partial charge in [-0.15, -0.1) is 0 Å². The van der Waals surface area contributed by atoms with Crippen LogP contribution in [0.25, 0.3) is 0 Å². The number of hydrogen-bond acceptors (Lipinski definition) is 3. The fraction of sp³-hybridized carbons (Fsp3) is 0.500. The highest BCUT2D eigenvalue weighted by atomic mass is 19.1. The van der Waals surface area contributed by atoms with Crippen LogP contribution in [0.3, 0.4) is 0 Å². The summed E-state index contributed by atoms with van der Waals surface area (Å²) in [5.41, 5.74) is 0.785. The second-order valence-corrected chi connectivity index (χ2v) is 4.75. The van der Waals surface area contributed by atoms with Gasteiger partial charge >= 0.3 is 0 Å².